The fourth-order valence-corrected chi connectivity index (χ4v) is 3.84. The maximum absolute atomic E-state index is 14.9. The number of hydrogen-bond acceptors (Lipinski definition) is 4. The highest BCUT2D eigenvalue weighted by molar-refractivity contribution is 6.34. The number of rotatable bonds is 6. The zero-order valence-corrected chi connectivity index (χ0v) is 18.9. The standard InChI is InChI=1S/C25H20ClF4N3O/c1-25(2,34)21-8-7-13(11-32-21)15-9-16-20(10-19(15)28)31-12-17(26)22(16)33-23(24(29)30)14-5-3-4-6-18(14)27/h3-12,23-24,34H,1-2H3,(H,31,33)/t23-/m0/s1. The number of aromatic nitrogens is 2. The fourth-order valence-electron chi connectivity index (χ4n) is 3.63. The van der Waals surface area contributed by atoms with Gasteiger partial charge < -0.3 is 10.4 Å². The zero-order valence-electron chi connectivity index (χ0n) is 18.2. The molecular formula is C25H20ClF4N3O. The first kappa shape index (κ1) is 23.9. The monoisotopic (exact) mass is 489 g/mol. The molecule has 2 N–H and O–H groups in total. The molecule has 0 saturated heterocycles. The van der Waals surface area contributed by atoms with Crippen molar-refractivity contribution >= 4 is 28.2 Å². The second kappa shape index (κ2) is 9.19. The lowest BCUT2D eigenvalue weighted by Gasteiger charge is -2.22. The minimum atomic E-state index is -2.96. The summed E-state index contributed by atoms with van der Waals surface area (Å²) in [4.78, 5) is 8.30. The molecule has 4 aromatic rings. The molecule has 0 unspecified atom stereocenters. The average molecular weight is 490 g/mol. The Bertz CT molecular complexity index is 1340. The quantitative estimate of drug-likeness (QED) is 0.290. The van der Waals surface area contributed by atoms with Crippen LogP contribution in [0.25, 0.3) is 22.0 Å². The van der Waals surface area contributed by atoms with Gasteiger partial charge in [0.15, 0.2) is 0 Å². The molecule has 9 heteroatoms. The van der Waals surface area contributed by atoms with Gasteiger partial charge in [0.05, 0.1) is 21.9 Å². The third-order valence-electron chi connectivity index (χ3n) is 5.40. The second-order valence-corrected chi connectivity index (χ2v) is 8.71. The van der Waals surface area contributed by atoms with Crippen molar-refractivity contribution in [3.8, 4) is 11.1 Å². The normalized spacial score (nSPS) is 12.9. The van der Waals surface area contributed by atoms with Crippen LogP contribution in [0.1, 0.15) is 31.1 Å². The molecule has 0 aliphatic rings. The molecule has 0 radical (unpaired) electrons. The highest BCUT2D eigenvalue weighted by atomic mass is 35.5. The van der Waals surface area contributed by atoms with Crippen LogP contribution in [0.4, 0.5) is 23.2 Å². The molecule has 2 aromatic heterocycles. The van der Waals surface area contributed by atoms with E-state index in [1.807, 2.05) is 0 Å². The van der Waals surface area contributed by atoms with Crippen LogP contribution in [0.15, 0.2) is 60.9 Å². The van der Waals surface area contributed by atoms with Crippen LogP contribution in [0.5, 0.6) is 0 Å². The van der Waals surface area contributed by atoms with E-state index in [0.717, 1.165) is 12.1 Å². The van der Waals surface area contributed by atoms with Gasteiger partial charge in [-0.15, -0.1) is 0 Å². The van der Waals surface area contributed by atoms with Crippen molar-refractivity contribution in [2.75, 3.05) is 5.32 Å². The van der Waals surface area contributed by atoms with Crippen molar-refractivity contribution in [3.05, 3.63) is 88.8 Å². The second-order valence-electron chi connectivity index (χ2n) is 8.30. The minimum Gasteiger partial charge on any atom is -0.384 e. The highest BCUT2D eigenvalue weighted by Crippen LogP contribution is 2.38. The molecular weight excluding hydrogens is 470 g/mol. The van der Waals surface area contributed by atoms with Crippen LogP contribution in [0.3, 0.4) is 0 Å². The van der Waals surface area contributed by atoms with E-state index in [9.17, 15) is 22.7 Å². The van der Waals surface area contributed by atoms with Gasteiger partial charge in [-0.2, -0.15) is 0 Å². The molecule has 0 aliphatic heterocycles. The minimum absolute atomic E-state index is 0.0163. The molecule has 4 nitrogen and oxygen atoms in total. The maximum Gasteiger partial charge on any atom is 0.262 e. The summed E-state index contributed by atoms with van der Waals surface area (Å²) in [5.74, 6) is -1.40. The molecule has 0 aliphatic carbocycles. The Hall–Kier alpha value is -3.23. The van der Waals surface area contributed by atoms with Crippen molar-refractivity contribution in [1.82, 2.24) is 9.97 Å². The van der Waals surface area contributed by atoms with Gasteiger partial charge in [-0.25, -0.2) is 17.6 Å². The van der Waals surface area contributed by atoms with Crippen LogP contribution in [-0.4, -0.2) is 21.5 Å². The predicted octanol–water partition coefficient (Wildman–Crippen LogP) is 6.87. The number of hydrogen-bond donors (Lipinski definition) is 2. The number of aliphatic hydroxyl groups is 1. The topological polar surface area (TPSA) is 58.0 Å². The number of benzene rings is 2. The number of halogens is 5. The number of nitrogens with zero attached hydrogens (tertiary/aromatic N) is 2. The van der Waals surface area contributed by atoms with Gasteiger partial charge in [-0.3, -0.25) is 9.97 Å². The lowest BCUT2D eigenvalue weighted by Crippen LogP contribution is -2.20. The van der Waals surface area contributed by atoms with Crippen LogP contribution < -0.4 is 5.32 Å². The van der Waals surface area contributed by atoms with Gasteiger partial charge in [-0.05, 0) is 32.0 Å². The molecule has 2 heterocycles. The summed E-state index contributed by atoms with van der Waals surface area (Å²) in [6.07, 6.45) is -0.339. The Kier molecular flexibility index (Phi) is 6.47. The van der Waals surface area contributed by atoms with E-state index in [-0.39, 0.29) is 32.7 Å². The summed E-state index contributed by atoms with van der Waals surface area (Å²) < 4.78 is 57.1. The average Bonchev–Trinajstić information content (AvgIpc) is 2.78. The first-order chi connectivity index (χ1) is 16.1. The molecule has 0 amide bonds. The number of pyridine rings is 2. The van der Waals surface area contributed by atoms with E-state index in [0.29, 0.717) is 11.3 Å². The molecule has 0 fully saturated rings. The van der Waals surface area contributed by atoms with Gasteiger partial charge in [0, 0.05) is 40.5 Å². The van der Waals surface area contributed by atoms with Crippen molar-refractivity contribution < 1.29 is 22.7 Å². The number of alkyl halides is 2. The zero-order chi connectivity index (χ0) is 24.6. The van der Waals surface area contributed by atoms with E-state index in [2.05, 4.69) is 15.3 Å². The largest absolute Gasteiger partial charge is 0.384 e. The molecule has 0 saturated carbocycles. The van der Waals surface area contributed by atoms with Crippen molar-refractivity contribution in [2.45, 2.75) is 31.9 Å². The fraction of sp³-hybridized carbons (Fsp3) is 0.200. The lowest BCUT2D eigenvalue weighted by molar-refractivity contribution is 0.0739. The van der Waals surface area contributed by atoms with Crippen LogP contribution in [-0.2, 0) is 5.60 Å². The molecule has 34 heavy (non-hydrogen) atoms. The Morgan fingerprint density at radius 1 is 0.971 bits per heavy atom. The van der Waals surface area contributed by atoms with Crippen LogP contribution in [0, 0.1) is 11.6 Å². The first-order valence-electron chi connectivity index (χ1n) is 10.3. The Balaban J connectivity index is 1.83. The first-order valence-corrected chi connectivity index (χ1v) is 10.7. The summed E-state index contributed by atoms with van der Waals surface area (Å²) in [6, 6.07) is 9.27. The molecule has 0 bridgehead atoms. The van der Waals surface area contributed by atoms with Crippen molar-refractivity contribution in [1.29, 1.82) is 0 Å². The number of anilines is 1. The third kappa shape index (κ3) is 4.69. The van der Waals surface area contributed by atoms with Gasteiger partial charge in [-0.1, -0.05) is 35.9 Å². The SMILES string of the molecule is CC(C)(O)c1ccc(-c2cc3c(N[C@@H](c4ccccc4F)C(F)F)c(Cl)cnc3cc2F)cn1. The molecule has 176 valence electrons. The Morgan fingerprint density at radius 2 is 1.71 bits per heavy atom. The van der Waals surface area contributed by atoms with Gasteiger partial charge in [0.1, 0.15) is 23.3 Å². The van der Waals surface area contributed by atoms with E-state index in [4.69, 9.17) is 11.6 Å². The van der Waals surface area contributed by atoms with Crippen molar-refractivity contribution in [2.24, 2.45) is 0 Å². The van der Waals surface area contributed by atoms with E-state index in [1.54, 1.807) is 26.0 Å². The molecule has 0 spiro atoms. The molecule has 2 aromatic carbocycles. The van der Waals surface area contributed by atoms with E-state index >= 15 is 0 Å². The van der Waals surface area contributed by atoms with Crippen molar-refractivity contribution in [3.63, 3.8) is 0 Å². The number of fused-ring (bicyclic) bond motifs is 1. The van der Waals surface area contributed by atoms with Crippen LogP contribution >= 0.6 is 11.6 Å². The summed E-state index contributed by atoms with van der Waals surface area (Å²) in [6.45, 7) is 3.15. The van der Waals surface area contributed by atoms with Gasteiger partial charge >= 0.3 is 0 Å². The number of nitrogens with one attached hydrogen (secondary N) is 1. The van der Waals surface area contributed by atoms with Crippen LogP contribution in [0.2, 0.25) is 5.02 Å². The Morgan fingerprint density at radius 3 is 2.32 bits per heavy atom. The molecule has 4 rings (SSSR count). The summed E-state index contributed by atoms with van der Waals surface area (Å²) in [5.41, 5.74) is -0.224. The van der Waals surface area contributed by atoms with E-state index in [1.165, 1.54) is 36.7 Å². The lowest BCUT2D eigenvalue weighted by atomic mass is 10.00. The van der Waals surface area contributed by atoms with E-state index < -0.39 is 29.7 Å². The smallest absolute Gasteiger partial charge is 0.262 e. The summed E-state index contributed by atoms with van der Waals surface area (Å²) >= 11 is 6.29. The van der Waals surface area contributed by atoms with Gasteiger partial charge in [0.25, 0.3) is 6.43 Å². The summed E-state index contributed by atoms with van der Waals surface area (Å²) in [5, 5.41) is 13.0. The predicted molar refractivity (Wildman–Crippen MR) is 124 cm³/mol. The highest BCUT2D eigenvalue weighted by Gasteiger charge is 2.27. The molecule has 1 atom stereocenters. The summed E-state index contributed by atoms with van der Waals surface area (Å²) in [7, 11) is 0. The third-order valence-corrected chi connectivity index (χ3v) is 5.69. The van der Waals surface area contributed by atoms with Gasteiger partial charge in [0.2, 0.25) is 0 Å². The maximum atomic E-state index is 14.9. The Labute approximate surface area is 198 Å².